The summed E-state index contributed by atoms with van der Waals surface area (Å²) >= 11 is 0. The molecule has 0 amide bonds. The Morgan fingerprint density at radius 2 is 2.19 bits per heavy atom. The van der Waals surface area contributed by atoms with E-state index in [4.69, 9.17) is 0 Å². The average molecular weight is 245 g/mol. The van der Waals surface area contributed by atoms with Crippen LogP contribution in [0.4, 0.5) is 0 Å². The summed E-state index contributed by atoms with van der Waals surface area (Å²) in [5.41, 5.74) is 0. The van der Waals surface area contributed by atoms with Crippen molar-refractivity contribution < 1.29 is 8.42 Å². The summed E-state index contributed by atoms with van der Waals surface area (Å²) in [6, 6.07) is 0. The molecule has 0 fully saturated rings. The summed E-state index contributed by atoms with van der Waals surface area (Å²) in [6.07, 6.45) is 3.52. The van der Waals surface area contributed by atoms with Gasteiger partial charge in [-0.3, -0.25) is 0 Å². The molecule has 1 aromatic rings. The molecule has 0 atom stereocenters. The van der Waals surface area contributed by atoms with Crippen LogP contribution in [-0.4, -0.2) is 36.0 Å². The van der Waals surface area contributed by atoms with Gasteiger partial charge in [0.15, 0.2) is 9.84 Å². The van der Waals surface area contributed by atoms with Gasteiger partial charge in [0, 0.05) is 24.7 Å². The molecule has 0 aliphatic carbocycles. The molecule has 0 saturated heterocycles. The second kappa shape index (κ2) is 6.00. The van der Waals surface area contributed by atoms with Crippen molar-refractivity contribution in [1.29, 1.82) is 0 Å². The number of rotatable bonds is 7. The van der Waals surface area contributed by atoms with Crippen molar-refractivity contribution in [1.82, 2.24) is 14.9 Å². The summed E-state index contributed by atoms with van der Waals surface area (Å²) < 4.78 is 24.6. The number of hydrogen-bond acceptors (Lipinski definition) is 4. The molecule has 1 N–H and O–H groups in total. The highest BCUT2D eigenvalue weighted by molar-refractivity contribution is 7.91. The van der Waals surface area contributed by atoms with Crippen LogP contribution in [-0.2, 0) is 22.9 Å². The summed E-state index contributed by atoms with van der Waals surface area (Å²) in [5.74, 6) is 1.26. The lowest BCUT2D eigenvalue weighted by atomic mass is 10.5. The number of hydrogen-bond donors (Lipinski definition) is 1. The van der Waals surface area contributed by atoms with E-state index >= 15 is 0 Å². The first kappa shape index (κ1) is 13.2. The van der Waals surface area contributed by atoms with Gasteiger partial charge in [-0.1, -0.05) is 13.8 Å². The van der Waals surface area contributed by atoms with Crippen LogP contribution in [0.1, 0.15) is 19.7 Å². The Morgan fingerprint density at radius 1 is 1.44 bits per heavy atom. The van der Waals surface area contributed by atoms with Gasteiger partial charge in [0.2, 0.25) is 0 Å². The van der Waals surface area contributed by atoms with E-state index in [2.05, 4.69) is 10.3 Å². The van der Waals surface area contributed by atoms with Crippen molar-refractivity contribution in [2.75, 3.05) is 18.1 Å². The average Bonchev–Trinajstić information content (AvgIpc) is 2.71. The SMILES string of the molecule is CCNCc1nccn1CCS(=O)(=O)CC. The van der Waals surface area contributed by atoms with E-state index in [0.29, 0.717) is 13.1 Å². The lowest BCUT2D eigenvalue weighted by Crippen LogP contribution is -2.19. The van der Waals surface area contributed by atoms with E-state index in [0.717, 1.165) is 12.4 Å². The maximum absolute atomic E-state index is 11.4. The lowest BCUT2D eigenvalue weighted by Gasteiger charge is -2.07. The molecule has 6 heteroatoms. The van der Waals surface area contributed by atoms with Gasteiger partial charge >= 0.3 is 0 Å². The van der Waals surface area contributed by atoms with Crippen molar-refractivity contribution in [2.24, 2.45) is 0 Å². The summed E-state index contributed by atoms with van der Waals surface area (Å²) in [6.45, 7) is 5.73. The Balaban J connectivity index is 2.57. The fraction of sp³-hybridized carbons (Fsp3) is 0.700. The zero-order valence-corrected chi connectivity index (χ0v) is 10.6. The van der Waals surface area contributed by atoms with Crippen molar-refractivity contribution >= 4 is 9.84 Å². The van der Waals surface area contributed by atoms with Crippen molar-refractivity contribution in [3.05, 3.63) is 18.2 Å². The summed E-state index contributed by atoms with van der Waals surface area (Å²) in [7, 11) is -2.90. The second-order valence-electron chi connectivity index (χ2n) is 3.55. The first-order valence-electron chi connectivity index (χ1n) is 5.50. The minimum absolute atomic E-state index is 0.180. The quantitative estimate of drug-likeness (QED) is 0.756. The van der Waals surface area contributed by atoms with E-state index < -0.39 is 9.84 Å². The summed E-state index contributed by atoms with van der Waals surface area (Å²) in [5, 5.41) is 3.17. The van der Waals surface area contributed by atoms with Gasteiger partial charge in [-0.2, -0.15) is 0 Å². The van der Waals surface area contributed by atoms with E-state index in [1.165, 1.54) is 0 Å². The first-order chi connectivity index (χ1) is 7.59. The van der Waals surface area contributed by atoms with E-state index in [9.17, 15) is 8.42 Å². The van der Waals surface area contributed by atoms with Crippen LogP contribution >= 0.6 is 0 Å². The zero-order valence-electron chi connectivity index (χ0n) is 9.81. The number of nitrogens with zero attached hydrogens (tertiary/aromatic N) is 2. The minimum atomic E-state index is -2.90. The van der Waals surface area contributed by atoms with Crippen LogP contribution in [0, 0.1) is 0 Å². The predicted molar refractivity (Wildman–Crippen MR) is 63.9 cm³/mol. The van der Waals surface area contributed by atoms with Crippen LogP contribution in [0.2, 0.25) is 0 Å². The molecule has 0 aromatic carbocycles. The third-order valence-electron chi connectivity index (χ3n) is 2.42. The smallest absolute Gasteiger partial charge is 0.151 e. The fourth-order valence-corrected chi connectivity index (χ4v) is 2.09. The normalized spacial score (nSPS) is 11.9. The highest BCUT2D eigenvalue weighted by Crippen LogP contribution is 2.00. The number of aryl methyl sites for hydroxylation is 1. The molecule has 5 nitrogen and oxygen atoms in total. The Hall–Kier alpha value is -0.880. The molecule has 0 spiro atoms. The largest absolute Gasteiger partial charge is 0.333 e. The van der Waals surface area contributed by atoms with Crippen LogP contribution in [0.3, 0.4) is 0 Å². The molecule has 0 bridgehead atoms. The van der Waals surface area contributed by atoms with Crippen LogP contribution in [0.15, 0.2) is 12.4 Å². The van der Waals surface area contributed by atoms with Crippen molar-refractivity contribution in [2.45, 2.75) is 26.9 Å². The molecule has 0 aliphatic rings. The molecule has 0 radical (unpaired) electrons. The number of nitrogens with one attached hydrogen (secondary N) is 1. The van der Waals surface area contributed by atoms with Crippen LogP contribution < -0.4 is 5.32 Å². The molecule has 92 valence electrons. The molecule has 0 aliphatic heterocycles. The van der Waals surface area contributed by atoms with Crippen LogP contribution in [0.5, 0.6) is 0 Å². The standard InChI is InChI=1S/C10H19N3O2S/c1-3-11-9-10-12-5-6-13(10)7-8-16(14,15)4-2/h5-6,11H,3-4,7-9H2,1-2H3. The summed E-state index contributed by atoms with van der Waals surface area (Å²) in [4.78, 5) is 4.19. The van der Waals surface area contributed by atoms with Crippen LogP contribution in [0.25, 0.3) is 0 Å². The second-order valence-corrected chi connectivity index (χ2v) is 6.03. The van der Waals surface area contributed by atoms with Crippen molar-refractivity contribution in [3.8, 4) is 0 Å². The third-order valence-corrected chi connectivity index (χ3v) is 4.10. The van der Waals surface area contributed by atoms with Gasteiger partial charge in [-0.25, -0.2) is 13.4 Å². The molecule has 1 heterocycles. The molecule has 16 heavy (non-hydrogen) atoms. The predicted octanol–water partition coefficient (Wildman–Crippen LogP) is 0.427. The Bertz CT molecular complexity index is 411. The van der Waals surface area contributed by atoms with E-state index in [1.807, 2.05) is 17.7 Å². The van der Waals surface area contributed by atoms with Crippen molar-refractivity contribution in [3.63, 3.8) is 0 Å². The zero-order chi connectivity index (χ0) is 12.0. The molecule has 1 aromatic heterocycles. The minimum Gasteiger partial charge on any atom is -0.333 e. The van der Waals surface area contributed by atoms with E-state index in [-0.39, 0.29) is 11.5 Å². The highest BCUT2D eigenvalue weighted by atomic mass is 32.2. The monoisotopic (exact) mass is 245 g/mol. The third kappa shape index (κ3) is 3.94. The maximum Gasteiger partial charge on any atom is 0.151 e. The van der Waals surface area contributed by atoms with Gasteiger partial charge in [-0.15, -0.1) is 0 Å². The number of aromatic nitrogens is 2. The van der Waals surface area contributed by atoms with E-state index in [1.54, 1.807) is 13.1 Å². The fourth-order valence-electron chi connectivity index (χ4n) is 1.33. The molecule has 1 rings (SSSR count). The van der Waals surface area contributed by atoms with Gasteiger partial charge in [0.25, 0.3) is 0 Å². The van der Waals surface area contributed by atoms with Gasteiger partial charge < -0.3 is 9.88 Å². The van der Waals surface area contributed by atoms with Gasteiger partial charge in [0.05, 0.1) is 12.3 Å². The first-order valence-corrected chi connectivity index (χ1v) is 7.32. The molecular formula is C10H19N3O2S. The topological polar surface area (TPSA) is 64.0 Å². The number of sulfone groups is 1. The Labute approximate surface area is 96.8 Å². The number of imidazole rings is 1. The molecule has 0 saturated carbocycles. The molecule has 0 unspecified atom stereocenters. The molecular weight excluding hydrogens is 226 g/mol. The maximum atomic E-state index is 11.4. The Morgan fingerprint density at radius 3 is 2.81 bits per heavy atom. The highest BCUT2D eigenvalue weighted by Gasteiger charge is 2.09. The lowest BCUT2D eigenvalue weighted by molar-refractivity contribution is 0.582. The van der Waals surface area contributed by atoms with Gasteiger partial charge in [-0.05, 0) is 6.54 Å². The van der Waals surface area contributed by atoms with Gasteiger partial charge in [0.1, 0.15) is 5.82 Å². The Kier molecular flexibility index (Phi) is 4.95.